The van der Waals surface area contributed by atoms with Crippen LogP contribution in [0.4, 0.5) is 0 Å². The van der Waals surface area contributed by atoms with Gasteiger partial charge in [0.15, 0.2) is 6.61 Å². The van der Waals surface area contributed by atoms with Crippen LogP contribution in [0.25, 0.3) is 6.08 Å². The van der Waals surface area contributed by atoms with E-state index in [4.69, 9.17) is 4.74 Å². The number of ketones is 1. The van der Waals surface area contributed by atoms with Gasteiger partial charge >= 0.3 is 0 Å². The van der Waals surface area contributed by atoms with Crippen molar-refractivity contribution in [2.24, 2.45) is 0 Å². The Morgan fingerprint density at radius 3 is 2.71 bits per heavy atom. The third kappa shape index (κ3) is 2.48. The van der Waals surface area contributed by atoms with Gasteiger partial charge in [-0.05, 0) is 12.0 Å². The Labute approximate surface area is 121 Å². The number of carbonyl (C=O) groups is 1. The molecular weight excluding hydrogens is 268 g/mol. The number of ether oxygens (including phenoxy) is 1. The van der Waals surface area contributed by atoms with E-state index in [0.29, 0.717) is 12.0 Å². The number of phenolic OH excluding ortho intramolecular Hbond substituents is 2. The average molecular weight is 282 g/mol. The van der Waals surface area contributed by atoms with Gasteiger partial charge in [-0.3, -0.25) is 4.79 Å². The van der Waals surface area contributed by atoms with Gasteiger partial charge in [0.05, 0.1) is 0 Å². The lowest BCUT2D eigenvalue weighted by atomic mass is 10.0. The zero-order chi connectivity index (χ0) is 14.8. The number of hydrogen-bond acceptors (Lipinski definition) is 4. The van der Waals surface area contributed by atoms with Crippen molar-refractivity contribution in [1.29, 1.82) is 0 Å². The maximum absolute atomic E-state index is 11.7. The standard InChI is InChI=1S/C17H14O4/c18-13-9-15-16(14(19)10-21-15)17(20)12(13)8-4-7-11-5-2-1-3-6-11/h1-7,9,18,20H,8,10H2/b7-4+. The summed E-state index contributed by atoms with van der Waals surface area (Å²) in [6.07, 6.45) is 4.05. The molecule has 2 aromatic carbocycles. The van der Waals surface area contributed by atoms with Gasteiger partial charge in [-0.25, -0.2) is 0 Å². The molecule has 3 rings (SSSR count). The summed E-state index contributed by atoms with van der Waals surface area (Å²) in [5.41, 5.74) is 1.52. The van der Waals surface area contributed by atoms with E-state index in [0.717, 1.165) is 5.56 Å². The normalized spacial score (nSPS) is 13.4. The molecule has 1 aliphatic heterocycles. The number of benzene rings is 2. The lowest BCUT2D eigenvalue weighted by Crippen LogP contribution is -2.00. The maximum atomic E-state index is 11.7. The Balaban J connectivity index is 1.88. The molecule has 0 bridgehead atoms. The van der Waals surface area contributed by atoms with Crippen LogP contribution >= 0.6 is 0 Å². The number of fused-ring (bicyclic) bond motifs is 1. The topological polar surface area (TPSA) is 66.8 Å². The minimum atomic E-state index is -0.268. The molecule has 0 atom stereocenters. The predicted octanol–water partition coefficient (Wildman–Crippen LogP) is 2.93. The van der Waals surface area contributed by atoms with Gasteiger partial charge in [-0.1, -0.05) is 42.5 Å². The molecule has 1 aliphatic rings. The van der Waals surface area contributed by atoms with Gasteiger partial charge in [-0.15, -0.1) is 0 Å². The smallest absolute Gasteiger partial charge is 0.207 e. The average Bonchev–Trinajstić information content (AvgIpc) is 2.85. The fourth-order valence-electron chi connectivity index (χ4n) is 2.35. The van der Waals surface area contributed by atoms with E-state index in [2.05, 4.69) is 0 Å². The molecule has 2 aromatic rings. The van der Waals surface area contributed by atoms with Crippen molar-refractivity contribution in [2.45, 2.75) is 6.42 Å². The number of phenols is 2. The van der Waals surface area contributed by atoms with Gasteiger partial charge < -0.3 is 14.9 Å². The van der Waals surface area contributed by atoms with E-state index in [1.165, 1.54) is 6.07 Å². The van der Waals surface area contributed by atoms with Crippen molar-refractivity contribution in [1.82, 2.24) is 0 Å². The summed E-state index contributed by atoms with van der Waals surface area (Å²) in [6, 6.07) is 11.1. The first-order valence-corrected chi connectivity index (χ1v) is 6.62. The Morgan fingerprint density at radius 1 is 1.19 bits per heavy atom. The molecule has 2 N–H and O–H groups in total. The van der Waals surface area contributed by atoms with Crippen LogP contribution in [0.15, 0.2) is 42.5 Å². The van der Waals surface area contributed by atoms with Crippen LogP contribution < -0.4 is 4.74 Å². The van der Waals surface area contributed by atoms with E-state index >= 15 is 0 Å². The van der Waals surface area contributed by atoms with E-state index in [1.54, 1.807) is 0 Å². The Hall–Kier alpha value is -2.75. The molecule has 0 fully saturated rings. The summed E-state index contributed by atoms with van der Waals surface area (Å²) in [6.45, 7) is -0.0916. The number of Topliss-reactive ketones (excluding diaryl/α,β-unsaturated/α-hetero) is 1. The lowest BCUT2D eigenvalue weighted by molar-refractivity contribution is 0.0959. The van der Waals surface area contributed by atoms with Crippen LogP contribution in [-0.4, -0.2) is 22.6 Å². The minimum absolute atomic E-state index is 0.0707. The van der Waals surface area contributed by atoms with E-state index in [-0.39, 0.29) is 35.2 Å². The molecule has 0 aromatic heterocycles. The van der Waals surface area contributed by atoms with Gasteiger partial charge in [0, 0.05) is 11.6 Å². The third-order valence-corrected chi connectivity index (χ3v) is 3.42. The van der Waals surface area contributed by atoms with Gasteiger partial charge in [0.1, 0.15) is 22.8 Å². The first-order chi connectivity index (χ1) is 10.2. The molecule has 0 saturated heterocycles. The molecule has 4 heteroatoms. The fourth-order valence-corrected chi connectivity index (χ4v) is 2.35. The zero-order valence-electron chi connectivity index (χ0n) is 11.2. The van der Waals surface area contributed by atoms with Crippen molar-refractivity contribution >= 4 is 11.9 Å². The molecule has 0 aliphatic carbocycles. The van der Waals surface area contributed by atoms with Crippen LogP contribution in [-0.2, 0) is 6.42 Å². The number of aromatic hydroxyl groups is 2. The Morgan fingerprint density at radius 2 is 1.95 bits per heavy atom. The van der Waals surface area contributed by atoms with Crippen LogP contribution in [0.2, 0.25) is 0 Å². The van der Waals surface area contributed by atoms with E-state index < -0.39 is 0 Å². The molecule has 1 heterocycles. The molecule has 0 saturated carbocycles. The van der Waals surface area contributed by atoms with E-state index in [1.807, 2.05) is 42.5 Å². The largest absolute Gasteiger partial charge is 0.507 e. The summed E-state index contributed by atoms with van der Waals surface area (Å²) in [5.74, 6) is -0.287. The Bertz CT molecular complexity index is 717. The molecule has 0 unspecified atom stereocenters. The monoisotopic (exact) mass is 282 g/mol. The Kier molecular flexibility index (Phi) is 3.36. The van der Waals surface area contributed by atoms with Crippen molar-refractivity contribution in [3.8, 4) is 17.2 Å². The summed E-state index contributed by atoms with van der Waals surface area (Å²) < 4.78 is 5.11. The fraction of sp³-hybridized carbons (Fsp3) is 0.118. The summed E-state index contributed by atoms with van der Waals surface area (Å²) in [4.78, 5) is 11.7. The highest BCUT2D eigenvalue weighted by Gasteiger charge is 2.28. The highest BCUT2D eigenvalue weighted by Crippen LogP contribution is 2.41. The molecule has 0 spiro atoms. The van der Waals surface area contributed by atoms with Crippen molar-refractivity contribution in [3.05, 3.63) is 59.2 Å². The predicted molar refractivity (Wildman–Crippen MR) is 78.8 cm³/mol. The second kappa shape index (κ2) is 5.32. The first kappa shape index (κ1) is 13.2. The second-order valence-electron chi connectivity index (χ2n) is 4.83. The quantitative estimate of drug-likeness (QED) is 0.908. The lowest BCUT2D eigenvalue weighted by Gasteiger charge is -2.08. The zero-order valence-corrected chi connectivity index (χ0v) is 11.2. The van der Waals surface area contributed by atoms with Gasteiger partial charge in [0.25, 0.3) is 0 Å². The summed E-state index contributed by atoms with van der Waals surface area (Å²) >= 11 is 0. The summed E-state index contributed by atoms with van der Waals surface area (Å²) in [7, 11) is 0. The maximum Gasteiger partial charge on any atom is 0.207 e. The number of allylic oxidation sites excluding steroid dienone is 1. The highest BCUT2D eigenvalue weighted by atomic mass is 16.5. The van der Waals surface area contributed by atoms with Crippen LogP contribution in [0.5, 0.6) is 17.2 Å². The molecular formula is C17H14O4. The van der Waals surface area contributed by atoms with Crippen molar-refractivity contribution in [2.75, 3.05) is 6.61 Å². The van der Waals surface area contributed by atoms with Crippen molar-refractivity contribution in [3.63, 3.8) is 0 Å². The SMILES string of the molecule is O=C1COc2cc(O)c(C/C=C/c3ccccc3)c(O)c21. The molecule has 0 radical (unpaired) electrons. The van der Waals surface area contributed by atoms with Crippen LogP contribution in [0.3, 0.4) is 0 Å². The molecule has 21 heavy (non-hydrogen) atoms. The van der Waals surface area contributed by atoms with Gasteiger partial charge in [0.2, 0.25) is 5.78 Å². The minimum Gasteiger partial charge on any atom is -0.507 e. The summed E-state index contributed by atoms with van der Waals surface area (Å²) in [5, 5.41) is 20.1. The van der Waals surface area contributed by atoms with Crippen LogP contribution in [0, 0.1) is 0 Å². The number of hydrogen-bond donors (Lipinski definition) is 2. The van der Waals surface area contributed by atoms with Crippen molar-refractivity contribution < 1.29 is 19.7 Å². The molecule has 106 valence electrons. The molecule has 4 nitrogen and oxygen atoms in total. The second-order valence-corrected chi connectivity index (χ2v) is 4.83. The number of carbonyl (C=O) groups excluding carboxylic acids is 1. The highest BCUT2D eigenvalue weighted by molar-refractivity contribution is 6.05. The molecule has 0 amide bonds. The van der Waals surface area contributed by atoms with Gasteiger partial charge in [-0.2, -0.15) is 0 Å². The first-order valence-electron chi connectivity index (χ1n) is 6.62. The number of rotatable bonds is 3. The third-order valence-electron chi connectivity index (χ3n) is 3.42. The van der Waals surface area contributed by atoms with E-state index in [9.17, 15) is 15.0 Å². The van der Waals surface area contributed by atoms with Crippen LogP contribution in [0.1, 0.15) is 21.5 Å².